The van der Waals surface area contributed by atoms with Crippen molar-refractivity contribution < 1.29 is 17.6 Å². The lowest BCUT2D eigenvalue weighted by atomic mass is 9.96. The maximum atomic E-state index is 13.7. The molecule has 0 saturated heterocycles. The van der Waals surface area contributed by atoms with E-state index >= 15 is 0 Å². The number of oxazole rings is 1. The Morgan fingerprint density at radius 1 is 0.524 bits per heavy atom. The maximum Gasteiger partial charge on any atom is 0.227 e. The summed E-state index contributed by atoms with van der Waals surface area (Å²) in [7, 11) is 0. The smallest absolute Gasteiger partial charge is 0.227 e. The van der Waals surface area contributed by atoms with Crippen LogP contribution in [-0.4, -0.2) is 4.98 Å². The number of benzene rings is 6. The van der Waals surface area contributed by atoms with E-state index in [2.05, 4.69) is 41.4 Å². The van der Waals surface area contributed by atoms with Crippen molar-refractivity contribution >= 4 is 21.9 Å². The Morgan fingerprint density at radius 2 is 1.02 bits per heavy atom. The highest BCUT2D eigenvalue weighted by Crippen LogP contribution is 2.32. The van der Waals surface area contributed by atoms with Crippen LogP contribution in [0.4, 0.5) is 13.2 Å². The first kappa shape index (κ1) is 25.3. The van der Waals surface area contributed by atoms with Crippen LogP contribution in [-0.2, 0) is 0 Å². The molecule has 0 amide bonds. The van der Waals surface area contributed by atoms with Crippen LogP contribution in [0.3, 0.4) is 0 Å². The van der Waals surface area contributed by atoms with Gasteiger partial charge in [-0.25, -0.2) is 18.2 Å². The fourth-order valence-corrected chi connectivity index (χ4v) is 5.11. The fourth-order valence-electron chi connectivity index (χ4n) is 5.11. The minimum absolute atomic E-state index is 0.278. The van der Waals surface area contributed by atoms with Crippen molar-refractivity contribution in [2.45, 2.75) is 0 Å². The summed E-state index contributed by atoms with van der Waals surface area (Å²) in [5.74, 6) is -3.39. The summed E-state index contributed by atoms with van der Waals surface area (Å²) in [6, 6.07) is 37.1. The van der Waals surface area contributed by atoms with E-state index in [0.29, 0.717) is 28.1 Å². The molecule has 1 aromatic heterocycles. The second-order valence-corrected chi connectivity index (χ2v) is 10.00. The van der Waals surface area contributed by atoms with Gasteiger partial charge in [0.2, 0.25) is 5.89 Å². The third-order valence-electron chi connectivity index (χ3n) is 7.36. The molecule has 200 valence electrons. The van der Waals surface area contributed by atoms with Crippen LogP contribution in [0.25, 0.3) is 66.7 Å². The SMILES string of the molecule is N#Cc1ccc2nc(-c3ccc(-c4ccc5cc(-c6ccc(-c7cc(F)c(F)c(F)c7)cc6)ccc5c4)cc3)oc2c1. The van der Waals surface area contributed by atoms with E-state index in [1.807, 2.05) is 42.5 Å². The first-order valence-corrected chi connectivity index (χ1v) is 13.2. The van der Waals surface area contributed by atoms with Crippen molar-refractivity contribution in [2.75, 3.05) is 0 Å². The van der Waals surface area contributed by atoms with Crippen LogP contribution in [0.15, 0.2) is 120 Å². The van der Waals surface area contributed by atoms with E-state index in [9.17, 15) is 13.2 Å². The van der Waals surface area contributed by atoms with Crippen molar-refractivity contribution in [3.8, 4) is 50.9 Å². The highest BCUT2D eigenvalue weighted by atomic mass is 19.2. The molecule has 3 nitrogen and oxygen atoms in total. The Balaban J connectivity index is 1.13. The van der Waals surface area contributed by atoms with Gasteiger partial charge in [0.25, 0.3) is 0 Å². The molecular formula is C36H19F3N2O. The predicted octanol–water partition coefficient (Wildman–Crippen LogP) is 9.94. The molecule has 0 atom stereocenters. The van der Waals surface area contributed by atoms with Crippen LogP contribution >= 0.6 is 0 Å². The van der Waals surface area contributed by atoms with Gasteiger partial charge < -0.3 is 4.42 Å². The summed E-state index contributed by atoms with van der Waals surface area (Å²) in [5, 5.41) is 11.3. The number of hydrogen-bond acceptors (Lipinski definition) is 3. The summed E-state index contributed by atoms with van der Waals surface area (Å²) in [4.78, 5) is 4.55. The first-order valence-electron chi connectivity index (χ1n) is 13.2. The Labute approximate surface area is 238 Å². The van der Waals surface area contributed by atoms with Gasteiger partial charge >= 0.3 is 0 Å². The first-order chi connectivity index (χ1) is 20.4. The van der Waals surface area contributed by atoms with Gasteiger partial charge in [0.05, 0.1) is 11.6 Å². The Hall–Kier alpha value is -5.67. The number of nitrogens with zero attached hydrogens (tertiary/aromatic N) is 2. The normalized spacial score (nSPS) is 11.2. The molecule has 6 aromatic carbocycles. The van der Waals surface area contributed by atoms with E-state index in [4.69, 9.17) is 9.68 Å². The van der Waals surface area contributed by atoms with E-state index in [-0.39, 0.29) is 5.56 Å². The quantitative estimate of drug-likeness (QED) is 0.204. The highest BCUT2D eigenvalue weighted by molar-refractivity contribution is 5.91. The van der Waals surface area contributed by atoms with Gasteiger partial charge in [-0.3, -0.25) is 0 Å². The second-order valence-electron chi connectivity index (χ2n) is 10.00. The summed E-state index contributed by atoms with van der Waals surface area (Å²) < 4.78 is 46.6. The molecule has 6 heteroatoms. The van der Waals surface area contributed by atoms with Crippen LogP contribution < -0.4 is 0 Å². The Morgan fingerprint density at radius 3 is 1.57 bits per heavy atom. The van der Waals surface area contributed by atoms with Crippen LogP contribution in [0.1, 0.15) is 5.56 Å². The zero-order valence-electron chi connectivity index (χ0n) is 21.9. The van der Waals surface area contributed by atoms with E-state index in [1.54, 1.807) is 30.3 Å². The molecule has 0 saturated carbocycles. The Kier molecular flexibility index (Phi) is 6.06. The molecule has 0 aliphatic heterocycles. The zero-order valence-corrected chi connectivity index (χ0v) is 21.9. The predicted molar refractivity (Wildman–Crippen MR) is 158 cm³/mol. The van der Waals surface area contributed by atoms with E-state index in [0.717, 1.165) is 50.7 Å². The molecule has 42 heavy (non-hydrogen) atoms. The molecule has 0 fully saturated rings. The third-order valence-corrected chi connectivity index (χ3v) is 7.36. The lowest BCUT2D eigenvalue weighted by Crippen LogP contribution is -1.91. The van der Waals surface area contributed by atoms with Crippen molar-refractivity contribution in [1.82, 2.24) is 4.98 Å². The topological polar surface area (TPSA) is 49.8 Å². The zero-order chi connectivity index (χ0) is 28.8. The number of hydrogen-bond donors (Lipinski definition) is 0. The van der Waals surface area contributed by atoms with Crippen molar-refractivity contribution in [1.29, 1.82) is 5.26 Å². The van der Waals surface area contributed by atoms with Gasteiger partial charge in [-0.2, -0.15) is 5.26 Å². The highest BCUT2D eigenvalue weighted by Gasteiger charge is 2.13. The average Bonchev–Trinajstić information content (AvgIpc) is 3.46. The lowest BCUT2D eigenvalue weighted by Gasteiger charge is -2.09. The average molecular weight is 553 g/mol. The largest absolute Gasteiger partial charge is 0.436 e. The van der Waals surface area contributed by atoms with Crippen LogP contribution in [0.5, 0.6) is 0 Å². The van der Waals surface area contributed by atoms with Crippen molar-refractivity contribution in [3.05, 3.63) is 138 Å². The lowest BCUT2D eigenvalue weighted by molar-refractivity contribution is 0.448. The summed E-state index contributed by atoms with van der Waals surface area (Å²) in [5.41, 5.74) is 7.61. The number of rotatable bonds is 4. The van der Waals surface area contributed by atoms with E-state index < -0.39 is 17.5 Å². The second kappa shape index (κ2) is 10.1. The standard InChI is InChI=1S/C36H19F3N2O/c37-31-18-30(19-32(38)35(31)39)24-4-2-22(3-5-24)26-10-12-29-17-27(11-13-28(29)16-26)23-6-8-25(9-7-23)36-41-33-14-1-21(20-40)15-34(33)42-36/h1-19H. The van der Waals surface area contributed by atoms with Crippen molar-refractivity contribution in [2.24, 2.45) is 0 Å². The Bertz CT molecular complexity index is 2150. The van der Waals surface area contributed by atoms with E-state index in [1.165, 1.54) is 0 Å². The molecule has 0 radical (unpaired) electrons. The number of fused-ring (bicyclic) bond motifs is 2. The number of halogens is 3. The van der Waals surface area contributed by atoms with Crippen LogP contribution in [0, 0.1) is 28.8 Å². The monoisotopic (exact) mass is 552 g/mol. The summed E-state index contributed by atoms with van der Waals surface area (Å²) >= 11 is 0. The van der Waals surface area contributed by atoms with Gasteiger partial charge in [-0.15, -0.1) is 0 Å². The molecule has 0 unspecified atom stereocenters. The molecule has 7 aromatic rings. The van der Waals surface area contributed by atoms with Gasteiger partial charge in [0.15, 0.2) is 23.0 Å². The molecular weight excluding hydrogens is 533 g/mol. The fraction of sp³-hybridized carbons (Fsp3) is 0. The maximum absolute atomic E-state index is 13.7. The summed E-state index contributed by atoms with van der Waals surface area (Å²) in [6.07, 6.45) is 0. The number of aromatic nitrogens is 1. The van der Waals surface area contributed by atoms with Crippen LogP contribution in [0.2, 0.25) is 0 Å². The molecule has 0 aliphatic rings. The molecule has 0 spiro atoms. The van der Waals surface area contributed by atoms with Gasteiger partial charge in [-0.05, 0) is 92.7 Å². The summed E-state index contributed by atoms with van der Waals surface area (Å²) in [6.45, 7) is 0. The third kappa shape index (κ3) is 4.57. The molecule has 7 rings (SSSR count). The number of nitriles is 1. The molecule has 0 aliphatic carbocycles. The molecule has 0 N–H and O–H groups in total. The van der Waals surface area contributed by atoms with Crippen molar-refractivity contribution in [3.63, 3.8) is 0 Å². The van der Waals surface area contributed by atoms with Gasteiger partial charge in [-0.1, -0.05) is 60.7 Å². The van der Waals surface area contributed by atoms with Gasteiger partial charge in [0.1, 0.15) is 5.52 Å². The minimum atomic E-state index is -1.47. The molecule has 0 bridgehead atoms. The molecule has 1 heterocycles. The minimum Gasteiger partial charge on any atom is -0.436 e. The van der Waals surface area contributed by atoms with Gasteiger partial charge in [0, 0.05) is 11.6 Å².